The summed E-state index contributed by atoms with van der Waals surface area (Å²) in [6.07, 6.45) is 2.93. The Morgan fingerprint density at radius 2 is 2.17 bits per heavy atom. The summed E-state index contributed by atoms with van der Waals surface area (Å²) < 4.78 is 11.4. The summed E-state index contributed by atoms with van der Waals surface area (Å²) in [4.78, 5) is 26.7. The van der Waals surface area contributed by atoms with Crippen molar-refractivity contribution in [2.75, 3.05) is 25.6 Å². The van der Waals surface area contributed by atoms with Crippen molar-refractivity contribution in [2.45, 2.75) is 6.54 Å². The second kappa shape index (κ2) is 7.90. The lowest BCUT2D eigenvalue weighted by molar-refractivity contribution is -0.137. The molecule has 2 rings (SSSR count). The molecule has 0 aliphatic carbocycles. The summed E-state index contributed by atoms with van der Waals surface area (Å²) >= 11 is 0. The number of amides is 1. The van der Waals surface area contributed by atoms with Gasteiger partial charge in [-0.2, -0.15) is 5.10 Å². The Labute approximate surface area is 131 Å². The van der Waals surface area contributed by atoms with Gasteiger partial charge >= 0.3 is 5.97 Å². The van der Waals surface area contributed by atoms with Crippen molar-refractivity contribution in [1.29, 1.82) is 0 Å². The maximum atomic E-state index is 12.1. The standard InChI is InChI=1S/C14H16N4O5/c1-22-6-7-23-12-8-10(2-4-15-12)14(21)16-11-3-5-18(17-11)9-13(19)20/h2-5,8H,6-7,9H2,1H3,(H,19,20)(H,16,17,21). The van der Waals surface area contributed by atoms with Crippen LogP contribution in [0, 0.1) is 0 Å². The van der Waals surface area contributed by atoms with E-state index in [1.165, 1.54) is 35.3 Å². The molecular formula is C14H16N4O5. The molecule has 2 N–H and O–H groups in total. The van der Waals surface area contributed by atoms with Crippen molar-refractivity contribution >= 4 is 17.7 Å². The van der Waals surface area contributed by atoms with Gasteiger partial charge in [0.1, 0.15) is 13.2 Å². The highest BCUT2D eigenvalue weighted by atomic mass is 16.5. The quantitative estimate of drug-likeness (QED) is 0.686. The molecule has 0 spiro atoms. The van der Waals surface area contributed by atoms with Crippen LogP contribution in [0.25, 0.3) is 0 Å². The Morgan fingerprint density at radius 1 is 1.35 bits per heavy atom. The average molecular weight is 320 g/mol. The van der Waals surface area contributed by atoms with Crippen LogP contribution in [0.2, 0.25) is 0 Å². The molecule has 122 valence electrons. The van der Waals surface area contributed by atoms with E-state index in [1.54, 1.807) is 7.11 Å². The van der Waals surface area contributed by atoms with E-state index in [0.29, 0.717) is 24.7 Å². The monoisotopic (exact) mass is 320 g/mol. The molecule has 0 saturated heterocycles. The van der Waals surface area contributed by atoms with E-state index in [1.807, 2.05) is 0 Å². The molecule has 0 saturated carbocycles. The number of anilines is 1. The molecule has 2 heterocycles. The van der Waals surface area contributed by atoms with Gasteiger partial charge in [0, 0.05) is 37.2 Å². The number of hydrogen-bond donors (Lipinski definition) is 2. The molecule has 0 aliphatic rings. The maximum absolute atomic E-state index is 12.1. The summed E-state index contributed by atoms with van der Waals surface area (Å²) in [5.74, 6) is -0.844. The van der Waals surface area contributed by atoms with Crippen LogP contribution in [0.3, 0.4) is 0 Å². The molecule has 9 nitrogen and oxygen atoms in total. The third-order valence-electron chi connectivity index (χ3n) is 2.71. The molecule has 1 amide bonds. The van der Waals surface area contributed by atoms with Crippen molar-refractivity contribution in [2.24, 2.45) is 0 Å². The minimum atomic E-state index is -1.02. The second-order valence-electron chi connectivity index (χ2n) is 4.47. The number of carbonyl (C=O) groups is 2. The van der Waals surface area contributed by atoms with Crippen molar-refractivity contribution < 1.29 is 24.2 Å². The Morgan fingerprint density at radius 3 is 2.91 bits per heavy atom. The lowest BCUT2D eigenvalue weighted by atomic mass is 10.2. The SMILES string of the molecule is COCCOc1cc(C(=O)Nc2ccn(CC(=O)O)n2)ccn1. The number of pyridine rings is 1. The lowest BCUT2D eigenvalue weighted by Gasteiger charge is -2.06. The Kier molecular flexibility index (Phi) is 5.64. The fourth-order valence-corrected chi connectivity index (χ4v) is 1.70. The van der Waals surface area contributed by atoms with Gasteiger partial charge in [0.05, 0.1) is 6.61 Å². The molecule has 0 fully saturated rings. The predicted octanol–water partition coefficient (Wildman–Crippen LogP) is 0.640. The zero-order valence-electron chi connectivity index (χ0n) is 12.4. The molecule has 0 radical (unpaired) electrons. The van der Waals surface area contributed by atoms with Crippen LogP contribution < -0.4 is 10.1 Å². The minimum Gasteiger partial charge on any atom is -0.480 e. The third-order valence-corrected chi connectivity index (χ3v) is 2.71. The van der Waals surface area contributed by atoms with E-state index in [2.05, 4.69) is 15.4 Å². The Bertz CT molecular complexity index is 685. The third kappa shape index (κ3) is 5.08. The molecule has 2 aromatic rings. The molecular weight excluding hydrogens is 304 g/mol. The molecule has 0 aliphatic heterocycles. The highest BCUT2D eigenvalue weighted by Crippen LogP contribution is 2.12. The van der Waals surface area contributed by atoms with Gasteiger partial charge in [-0.05, 0) is 6.07 Å². The lowest BCUT2D eigenvalue weighted by Crippen LogP contribution is -2.14. The van der Waals surface area contributed by atoms with E-state index in [4.69, 9.17) is 14.6 Å². The van der Waals surface area contributed by atoms with Gasteiger partial charge in [-0.3, -0.25) is 14.3 Å². The van der Waals surface area contributed by atoms with E-state index in [-0.39, 0.29) is 12.4 Å². The zero-order chi connectivity index (χ0) is 16.7. The number of nitrogens with one attached hydrogen (secondary N) is 1. The number of methoxy groups -OCH3 is 1. The van der Waals surface area contributed by atoms with E-state index in [0.717, 1.165) is 0 Å². The largest absolute Gasteiger partial charge is 0.480 e. The number of rotatable bonds is 8. The van der Waals surface area contributed by atoms with Crippen molar-refractivity contribution in [3.8, 4) is 5.88 Å². The van der Waals surface area contributed by atoms with Crippen molar-refractivity contribution in [3.05, 3.63) is 36.2 Å². The fourth-order valence-electron chi connectivity index (χ4n) is 1.70. The fraction of sp³-hybridized carbons (Fsp3) is 0.286. The highest BCUT2D eigenvalue weighted by Gasteiger charge is 2.10. The molecule has 0 bridgehead atoms. The summed E-state index contributed by atoms with van der Waals surface area (Å²) in [5.41, 5.74) is 0.347. The summed E-state index contributed by atoms with van der Waals surface area (Å²) in [7, 11) is 1.56. The van der Waals surface area contributed by atoms with Gasteiger partial charge in [0.25, 0.3) is 5.91 Å². The summed E-state index contributed by atoms with van der Waals surface area (Å²) in [6.45, 7) is 0.468. The van der Waals surface area contributed by atoms with Crippen LogP contribution in [0.4, 0.5) is 5.82 Å². The summed E-state index contributed by atoms with van der Waals surface area (Å²) in [6, 6.07) is 4.55. The molecule has 2 aromatic heterocycles. The van der Waals surface area contributed by atoms with Gasteiger partial charge in [0.2, 0.25) is 5.88 Å². The smallest absolute Gasteiger partial charge is 0.325 e. The number of hydrogen-bond acceptors (Lipinski definition) is 6. The molecule has 9 heteroatoms. The summed E-state index contributed by atoms with van der Waals surface area (Å²) in [5, 5.41) is 15.2. The number of ether oxygens (including phenoxy) is 2. The normalized spacial score (nSPS) is 10.3. The van der Waals surface area contributed by atoms with Crippen LogP contribution in [-0.2, 0) is 16.1 Å². The maximum Gasteiger partial charge on any atom is 0.325 e. The van der Waals surface area contributed by atoms with Crippen molar-refractivity contribution in [1.82, 2.24) is 14.8 Å². The molecule has 0 unspecified atom stereocenters. The van der Waals surface area contributed by atoms with Crippen LogP contribution >= 0.6 is 0 Å². The highest BCUT2D eigenvalue weighted by molar-refractivity contribution is 6.03. The molecule has 0 atom stereocenters. The number of aromatic nitrogens is 3. The van der Waals surface area contributed by atoms with E-state index in [9.17, 15) is 9.59 Å². The first-order chi connectivity index (χ1) is 11.1. The Balaban J connectivity index is 1.98. The number of carboxylic acid groups (broad SMARTS) is 1. The van der Waals surface area contributed by atoms with Crippen molar-refractivity contribution in [3.63, 3.8) is 0 Å². The van der Waals surface area contributed by atoms with Gasteiger partial charge in [0.15, 0.2) is 5.82 Å². The second-order valence-corrected chi connectivity index (χ2v) is 4.47. The predicted molar refractivity (Wildman–Crippen MR) is 79.4 cm³/mol. The van der Waals surface area contributed by atoms with Gasteiger partial charge < -0.3 is 19.9 Å². The topological polar surface area (TPSA) is 116 Å². The molecule has 0 aromatic carbocycles. The van der Waals surface area contributed by atoms with Crippen LogP contribution in [0.15, 0.2) is 30.6 Å². The first kappa shape index (κ1) is 16.4. The Hall–Kier alpha value is -2.94. The van der Waals surface area contributed by atoms with Crippen LogP contribution in [0.1, 0.15) is 10.4 Å². The number of carbonyl (C=O) groups excluding carboxylic acids is 1. The zero-order valence-corrected chi connectivity index (χ0v) is 12.4. The first-order valence-corrected chi connectivity index (χ1v) is 6.73. The van der Waals surface area contributed by atoms with Gasteiger partial charge in [-0.25, -0.2) is 4.98 Å². The number of carboxylic acids is 1. The number of nitrogens with zero attached hydrogens (tertiary/aromatic N) is 3. The van der Waals surface area contributed by atoms with E-state index >= 15 is 0 Å². The van der Waals surface area contributed by atoms with Gasteiger partial charge in [-0.15, -0.1) is 0 Å². The average Bonchev–Trinajstić information content (AvgIpc) is 2.94. The number of aliphatic carboxylic acids is 1. The van der Waals surface area contributed by atoms with Crippen LogP contribution in [-0.4, -0.2) is 52.1 Å². The van der Waals surface area contributed by atoms with E-state index < -0.39 is 11.9 Å². The van der Waals surface area contributed by atoms with Gasteiger partial charge in [-0.1, -0.05) is 0 Å². The minimum absolute atomic E-state index is 0.259. The van der Waals surface area contributed by atoms with Crippen LogP contribution in [0.5, 0.6) is 5.88 Å². The first-order valence-electron chi connectivity index (χ1n) is 6.73. The molecule has 23 heavy (non-hydrogen) atoms.